The van der Waals surface area contributed by atoms with Gasteiger partial charge in [0.15, 0.2) is 5.69 Å². The van der Waals surface area contributed by atoms with Gasteiger partial charge in [0.25, 0.3) is 11.5 Å². The zero-order chi connectivity index (χ0) is 19.8. The van der Waals surface area contributed by atoms with Gasteiger partial charge in [-0.15, -0.1) is 0 Å². The zero-order valence-electron chi connectivity index (χ0n) is 14.2. The molecule has 0 saturated carbocycles. The van der Waals surface area contributed by atoms with Crippen LogP contribution in [0.25, 0.3) is 11.5 Å². The number of Topliss-reactive ketones (excluding diaryl/α,β-unsaturated/α-hetero) is 1. The first kappa shape index (κ1) is 18.8. The first-order chi connectivity index (χ1) is 12.7. The van der Waals surface area contributed by atoms with Gasteiger partial charge in [0.05, 0.1) is 4.92 Å². The first-order valence-corrected chi connectivity index (χ1v) is 7.97. The third kappa shape index (κ3) is 3.92. The average Bonchev–Trinajstić information content (AvgIpc) is 3.06. The maximum Gasteiger partial charge on any atom is 0.456 e. The molecule has 2 heterocycles. The van der Waals surface area contributed by atoms with Crippen LogP contribution in [0.3, 0.4) is 0 Å². The van der Waals surface area contributed by atoms with Crippen LogP contribution in [-0.4, -0.2) is 60.0 Å². The van der Waals surface area contributed by atoms with E-state index in [-0.39, 0.29) is 23.0 Å². The van der Waals surface area contributed by atoms with Crippen LogP contribution < -0.4 is 4.90 Å². The second kappa shape index (κ2) is 6.99. The van der Waals surface area contributed by atoms with E-state index in [4.69, 9.17) is 4.42 Å². The molecule has 1 aliphatic heterocycles. The molecule has 1 aromatic carbocycles. The van der Waals surface area contributed by atoms with Gasteiger partial charge in [0, 0.05) is 43.9 Å². The number of anilines is 1. The number of ketones is 1. The molecule has 1 fully saturated rings. The fourth-order valence-corrected chi connectivity index (χ4v) is 2.67. The van der Waals surface area contributed by atoms with Crippen molar-refractivity contribution in [2.24, 2.45) is 0 Å². The Morgan fingerprint density at radius 3 is 2.30 bits per heavy atom. The molecule has 11 heteroatoms. The van der Waals surface area contributed by atoms with E-state index in [1.807, 2.05) is 11.9 Å². The van der Waals surface area contributed by atoms with Crippen molar-refractivity contribution in [1.82, 2.24) is 9.88 Å². The third-order valence-corrected chi connectivity index (χ3v) is 4.20. The van der Waals surface area contributed by atoms with Crippen LogP contribution in [-0.2, 0) is 0 Å². The number of carbonyl (C=O) groups excluding carboxylic acids is 1. The zero-order valence-corrected chi connectivity index (χ0v) is 14.2. The predicted octanol–water partition coefficient (Wildman–Crippen LogP) is 2.75. The highest BCUT2D eigenvalue weighted by molar-refractivity contribution is 6.02. The quantitative estimate of drug-likeness (QED) is 0.455. The maximum atomic E-state index is 13.0. The van der Waals surface area contributed by atoms with Crippen LogP contribution in [0.2, 0.25) is 0 Å². The van der Waals surface area contributed by atoms with Crippen molar-refractivity contribution in [3.8, 4) is 11.5 Å². The van der Waals surface area contributed by atoms with E-state index in [9.17, 15) is 28.1 Å². The predicted molar refractivity (Wildman–Crippen MR) is 88.7 cm³/mol. The van der Waals surface area contributed by atoms with Crippen LogP contribution in [0.1, 0.15) is 10.5 Å². The summed E-state index contributed by atoms with van der Waals surface area (Å²) in [6.07, 6.45) is -5.09. The number of nitrogens with zero attached hydrogens (tertiary/aromatic N) is 4. The number of nitro groups is 1. The van der Waals surface area contributed by atoms with Crippen molar-refractivity contribution in [3.05, 3.63) is 40.1 Å². The average molecular weight is 384 g/mol. The Hall–Kier alpha value is -2.95. The number of carbonyl (C=O) groups is 1. The molecule has 144 valence electrons. The van der Waals surface area contributed by atoms with E-state index >= 15 is 0 Å². The van der Waals surface area contributed by atoms with Gasteiger partial charge in [-0.05, 0) is 19.2 Å². The van der Waals surface area contributed by atoms with Gasteiger partial charge < -0.3 is 14.2 Å². The summed E-state index contributed by atoms with van der Waals surface area (Å²) in [4.78, 5) is 29.2. The fourth-order valence-electron chi connectivity index (χ4n) is 2.67. The van der Waals surface area contributed by atoms with Crippen LogP contribution in [0.15, 0.2) is 28.7 Å². The molecule has 2 aromatic rings. The summed E-state index contributed by atoms with van der Waals surface area (Å²) in [6.45, 7) is 1.94. The van der Waals surface area contributed by atoms with Crippen molar-refractivity contribution < 1.29 is 27.3 Å². The molecule has 1 saturated heterocycles. The first-order valence-electron chi connectivity index (χ1n) is 7.97. The molecule has 8 nitrogen and oxygen atoms in total. The Balaban J connectivity index is 2.01. The van der Waals surface area contributed by atoms with Crippen molar-refractivity contribution in [3.63, 3.8) is 0 Å². The number of rotatable bonds is 4. The summed E-state index contributed by atoms with van der Waals surface area (Å²) in [5, 5.41) is 10.7. The lowest BCUT2D eigenvalue weighted by Gasteiger charge is -2.32. The Bertz CT molecular complexity index is 856. The summed E-state index contributed by atoms with van der Waals surface area (Å²) in [7, 11) is 1.88. The molecular formula is C16H15F3N4O4. The number of piperazine rings is 1. The Labute approximate surface area is 151 Å². The summed E-state index contributed by atoms with van der Waals surface area (Å²) < 4.78 is 44.4. The van der Waals surface area contributed by atoms with Gasteiger partial charge in [0.1, 0.15) is 0 Å². The molecule has 0 N–H and O–H groups in total. The van der Waals surface area contributed by atoms with Gasteiger partial charge in [-0.1, -0.05) is 0 Å². The van der Waals surface area contributed by atoms with Crippen molar-refractivity contribution >= 4 is 17.4 Å². The molecule has 0 spiro atoms. The second-order valence-corrected chi connectivity index (χ2v) is 6.09. The Kier molecular flexibility index (Phi) is 4.87. The van der Waals surface area contributed by atoms with Gasteiger partial charge >= 0.3 is 6.18 Å². The summed E-state index contributed by atoms with van der Waals surface area (Å²) in [6, 6.07) is 4.97. The lowest BCUT2D eigenvalue weighted by molar-refractivity contribution is -0.384. The highest BCUT2D eigenvalue weighted by Gasteiger charge is 2.44. The van der Waals surface area contributed by atoms with E-state index in [0.717, 1.165) is 0 Å². The highest BCUT2D eigenvalue weighted by Crippen LogP contribution is 2.33. The van der Waals surface area contributed by atoms with Crippen LogP contribution >= 0.6 is 0 Å². The Morgan fingerprint density at radius 2 is 1.78 bits per heavy atom. The third-order valence-electron chi connectivity index (χ3n) is 4.20. The lowest BCUT2D eigenvalue weighted by atomic mass is 10.2. The van der Waals surface area contributed by atoms with Gasteiger partial charge in [-0.2, -0.15) is 13.2 Å². The largest absolute Gasteiger partial charge is 0.456 e. The number of hydrogen-bond acceptors (Lipinski definition) is 7. The standard InChI is InChI=1S/C16H15F3N4O4/c1-21-6-8-22(9-7-21)15-12(13(24)16(17,18)19)20-14(27-15)10-2-4-11(5-3-10)23(25)26/h2-5H,6-9H2,1H3. The topological polar surface area (TPSA) is 92.7 Å². The minimum Gasteiger partial charge on any atom is -0.420 e. The number of oxazole rings is 1. The summed E-state index contributed by atoms with van der Waals surface area (Å²) in [5.41, 5.74) is -0.756. The van der Waals surface area contributed by atoms with E-state index in [2.05, 4.69) is 4.98 Å². The Morgan fingerprint density at radius 1 is 1.19 bits per heavy atom. The minimum atomic E-state index is -5.09. The number of hydrogen-bond donors (Lipinski definition) is 0. The van der Waals surface area contributed by atoms with Crippen LogP contribution in [0, 0.1) is 10.1 Å². The molecule has 0 radical (unpaired) electrons. The van der Waals surface area contributed by atoms with E-state index in [0.29, 0.717) is 26.2 Å². The van der Waals surface area contributed by atoms with E-state index < -0.39 is 22.6 Å². The highest BCUT2D eigenvalue weighted by atomic mass is 19.4. The molecule has 0 amide bonds. The number of halogens is 3. The number of non-ortho nitro benzene ring substituents is 1. The maximum absolute atomic E-state index is 13.0. The molecular weight excluding hydrogens is 369 g/mol. The van der Waals surface area contributed by atoms with E-state index in [1.165, 1.54) is 24.3 Å². The smallest absolute Gasteiger partial charge is 0.420 e. The SMILES string of the molecule is CN1CCN(c2oc(-c3ccc([N+](=O)[O-])cc3)nc2C(=O)C(F)(F)F)CC1. The summed E-state index contributed by atoms with van der Waals surface area (Å²) in [5.74, 6) is -2.53. The number of aromatic nitrogens is 1. The molecule has 0 unspecified atom stereocenters. The number of likely N-dealkylation sites (N-methyl/N-ethyl adjacent to an activating group) is 1. The molecule has 0 atom stereocenters. The minimum absolute atomic E-state index is 0.184. The van der Waals surface area contributed by atoms with Crippen LogP contribution in [0.5, 0.6) is 0 Å². The molecule has 0 bridgehead atoms. The number of alkyl halides is 3. The van der Waals surface area contributed by atoms with Crippen molar-refractivity contribution in [2.45, 2.75) is 6.18 Å². The van der Waals surface area contributed by atoms with Crippen LogP contribution in [0.4, 0.5) is 24.7 Å². The van der Waals surface area contributed by atoms with Crippen molar-refractivity contribution in [1.29, 1.82) is 0 Å². The number of nitro benzene ring substituents is 1. The van der Waals surface area contributed by atoms with Gasteiger partial charge in [0.2, 0.25) is 11.8 Å². The van der Waals surface area contributed by atoms with Crippen molar-refractivity contribution in [2.75, 3.05) is 38.1 Å². The summed E-state index contributed by atoms with van der Waals surface area (Å²) >= 11 is 0. The second-order valence-electron chi connectivity index (χ2n) is 6.09. The monoisotopic (exact) mass is 384 g/mol. The fraction of sp³-hybridized carbons (Fsp3) is 0.375. The van der Waals surface area contributed by atoms with Gasteiger partial charge in [-0.3, -0.25) is 14.9 Å². The normalized spacial score (nSPS) is 15.8. The molecule has 1 aliphatic rings. The van der Waals surface area contributed by atoms with E-state index in [1.54, 1.807) is 4.90 Å². The molecule has 3 rings (SSSR count). The lowest BCUT2D eigenvalue weighted by Crippen LogP contribution is -2.45. The van der Waals surface area contributed by atoms with Gasteiger partial charge in [-0.25, -0.2) is 4.98 Å². The molecule has 0 aliphatic carbocycles. The number of benzene rings is 1. The molecule has 1 aromatic heterocycles. The molecule has 27 heavy (non-hydrogen) atoms.